The molecule has 1 aromatic carbocycles. The summed E-state index contributed by atoms with van der Waals surface area (Å²) in [4.78, 5) is 12.4. The molecule has 1 aliphatic heterocycles. The number of aromatic nitrogens is 2. The van der Waals surface area contributed by atoms with Gasteiger partial charge in [0.2, 0.25) is 5.91 Å². The molecule has 0 saturated heterocycles. The van der Waals surface area contributed by atoms with Crippen molar-refractivity contribution in [2.45, 2.75) is 18.9 Å². The number of rotatable bonds is 4. The fourth-order valence-corrected chi connectivity index (χ4v) is 2.74. The van der Waals surface area contributed by atoms with Gasteiger partial charge in [-0.25, -0.2) is 4.39 Å². The summed E-state index contributed by atoms with van der Waals surface area (Å²) >= 11 is 0. The second-order valence-corrected chi connectivity index (χ2v) is 6.36. The van der Waals surface area contributed by atoms with Gasteiger partial charge in [-0.15, -0.1) is 0 Å². The lowest BCUT2D eigenvalue weighted by atomic mass is 9.95. The van der Waals surface area contributed by atoms with Crippen molar-refractivity contribution < 1.29 is 19.0 Å². The number of nitrogens with zero attached hydrogens (tertiary/aromatic N) is 2. The van der Waals surface area contributed by atoms with Crippen molar-refractivity contribution in [1.82, 2.24) is 15.1 Å². The van der Waals surface area contributed by atoms with E-state index in [2.05, 4.69) is 10.4 Å². The molecule has 1 aliphatic rings. The molecule has 0 radical (unpaired) electrons. The highest BCUT2D eigenvalue weighted by Crippen LogP contribution is 2.28. The van der Waals surface area contributed by atoms with E-state index in [0.29, 0.717) is 23.3 Å². The average Bonchev–Trinajstić information content (AvgIpc) is 2.99. The lowest BCUT2D eigenvalue weighted by Gasteiger charge is -2.27. The van der Waals surface area contributed by atoms with Crippen LogP contribution < -0.4 is 10.1 Å². The summed E-state index contributed by atoms with van der Waals surface area (Å²) < 4.78 is 20.4. The third-order valence-corrected chi connectivity index (χ3v) is 4.23. The molecule has 6 nitrogen and oxygen atoms in total. The van der Waals surface area contributed by atoms with Gasteiger partial charge in [0.25, 0.3) is 0 Å². The number of carbonyl (C=O) groups is 1. The van der Waals surface area contributed by atoms with Crippen LogP contribution in [0.2, 0.25) is 0 Å². The lowest BCUT2D eigenvalue weighted by molar-refractivity contribution is -0.127. The number of halogens is 1. The Kier molecular flexibility index (Phi) is 4.28. The van der Waals surface area contributed by atoms with Crippen LogP contribution in [0, 0.1) is 11.7 Å². The Morgan fingerprint density at radius 1 is 1.58 bits per heavy atom. The van der Waals surface area contributed by atoms with Crippen molar-refractivity contribution in [1.29, 1.82) is 0 Å². The molecule has 0 aliphatic carbocycles. The van der Waals surface area contributed by atoms with Gasteiger partial charge >= 0.3 is 0 Å². The third-order valence-electron chi connectivity index (χ3n) is 4.23. The zero-order chi connectivity index (χ0) is 17.3. The Bertz CT molecular complexity index is 757. The van der Waals surface area contributed by atoms with Crippen LogP contribution in [0.15, 0.2) is 30.6 Å². The van der Waals surface area contributed by atoms with Gasteiger partial charge < -0.3 is 15.2 Å². The van der Waals surface area contributed by atoms with Crippen molar-refractivity contribution in [3.8, 4) is 5.75 Å². The minimum atomic E-state index is -1.22. The third kappa shape index (κ3) is 3.41. The molecule has 7 heteroatoms. The minimum Gasteiger partial charge on any atom is -0.492 e. The average molecular weight is 333 g/mol. The van der Waals surface area contributed by atoms with Gasteiger partial charge in [0.05, 0.1) is 18.7 Å². The summed E-state index contributed by atoms with van der Waals surface area (Å²) in [7, 11) is 1.76. The van der Waals surface area contributed by atoms with Crippen molar-refractivity contribution in [3.63, 3.8) is 0 Å². The van der Waals surface area contributed by atoms with Crippen molar-refractivity contribution >= 4 is 5.91 Å². The molecule has 0 saturated carbocycles. The molecule has 2 heterocycles. The van der Waals surface area contributed by atoms with Gasteiger partial charge in [-0.3, -0.25) is 9.48 Å². The van der Waals surface area contributed by atoms with Gasteiger partial charge in [-0.05, 0) is 37.1 Å². The van der Waals surface area contributed by atoms with Crippen molar-refractivity contribution in [2.75, 3.05) is 13.2 Å². The Morgan fingerprint density at radius 3 is 3.08 bits per heavy atom. The SMILES string of the molecule is Cn1cc(C(C)(O)CNC(=O)C2COc3ccc(F)cc3C2)cn1. The van der Waals surface area contributed by atoms with Gasteiger partial charge in [0, 0.05) is 18.8 Å². The number of carbonyl (C=O) groups excluding carboxylic acids is 1. The van der Waals surface area contributed by atoms with E-state index in [1.54, 1.807) is 37.1 Å². The second kappa shape index (κ2) is 6.24. The van der Waals surface area contributed by atoms with Crippen LogP contribution in [-0.4, -0.2) is 33.9 Å². The Morgan fingerprint density at radius 2 is 2.38 bits per heavy atom. The number of aliphatic hydroxyl groups is 1. The fraction of sp³-hybridized carbons (Fsp3) is 0.412. The zero-order valence-electron chi connectivity index (χ0n) is 13.6. The van der Waals surface area contributed by atoms with Crippen LogP contribution >= 0.6 is 0 Å². The van der Waals surface area contributed by atoms with E-state index in [1.165, 1.54) is 12.1 Å². The van der Waals surface area contributed by atoms with Crippen LogP contribution in [0.4, 0.5) is 4.39 Å². The molecule has 0 bridgehead atoms. The smallest absolute Gasteiger partial charge is 0.227 e. The maximum atomic E-state index is 13.3. The highest BCUT2D eigenvalue weighted by atomic mass is 19.1. The van der Waals surface area contributed by atoms with E-state index >= 15 is 0 Å². The summed E-state index contributed by atoms with van der Waals surface area (Å²) in [5, 5.41) is 17.3. The molecule has 2 aromatic rings. The minimum absolute atomic E-state index is 0.0596. The molecule has 2 unspecified atom stereocenters. The van der Waals surface area contributed by atoms with E-state index in [4.69, 9.17) is 4.74 Å². The van der Waals surface area contributed by atoms with Crippen LogP contribution in [0.3, 0.4) is 0 Å². The normalized spacial score (nSPS) is 19.1. The molecular formula is C17H20FN3O3. The Balaban J connectivity index is 1.61. The maximum absolute atomic E-state index is 13.3. The quantitative estimate of drug-likeness (QED) is 0.880. The number of benzene rings is 1. The topological polar surface area (TPSA) is 76.4 Å². The van der Waals surface area contributed by atoms with Crippen LogP contribution in [0.25, 0.3) is 0 Å². The molecule has 3 rings (SSSR count). The van der Waals surface area contributed by atoms with Crippen LogP contribution in [-0.2, 0) is 23.9 Å². The summed E-state index contributed by atoms with van der Waals surface area (Å²) in [5.41, 5.74) is 0.0849. The second-order valence-electron chi connectivity index (χ2n) is 6.36. The first-order valence-corrected chi connectivity index (χ1v) is 7.75. The first-order valence-electron chi connectivity index (χ1n) is 7.75. The predicted molar refractivity (Wildman–Crippen MR) is 84.9 cm³/mol. The number of nitrogens with one attached hydrogen (secondary N) is 1. The van der Waals surface area contributed by atoms with Gasteiger partial charge in [0.1, 0.15) is 23.8 Å². The molecule has 24 heavy (non-hydrogen) atoms. The number of hydrogen-bond acceptors (Lipinski definition) is 4. The molecule has 0 fully saturated rings. The Hall–Kier alpha value is -2.41. The summed E-state index contributed by atoms with van der Waals surface area (Å²) in [6.07, 6.45) is 3.68. The summed E-state index contributed by atoms with van der Waals surface area (Å²) in [6, 6.07) is 4.30. The monoisotopic (exact) mass is 333 g/mol. The van der Waals surface area contributed by atoms with E-state index in [1.807, 2.05) is 0 Å². The zero-order valence-corrected chi connectivity index (χ0v) is 13.6. The number of hydrogen-bond donors (Lipinski definition) is 2. The largest absolute Gasteiger partial charge is 0.492 e. The molecule has 2 atom stereocenters. The van der Waals surface area contributed by atoms with Crippen LogP contribution in [0.1, 0.15) is 18.1 Å². The predicted octanol–water partition coefficient (Wildman–Crippen LogP) is 1.13. The number of amides is 1. The van der Waals surface area contributed by atoms with Crippen molar-refractivity contribution in [2.24, 2.45) is 13.0 Å². The highest BCUT2D eigenvalue weighted by Gasteiger charge is 2.30. The standard InChI is InChI=1S/C17H20FN3O3/c1-17(23,13-7-20-21(2)8-13)10-19-16(22)12-5-11-6-14(18)3-4-15(11)24-9-12/h3-4,6-8,12,23H,5,9-10H2,1-2H3,(H,19,22). The van der Waals surface area contributed by atoms with E-state index < -0.39 is 11.5 Å². The highest BCUT2D eigenvalue weighted by molar-refractivity contribution is 5.79. The van der Waals surface area contributed by atoms with Gasteiger partial charge in [-0.2, -0.15) is 5.10 Å². The van der Waals surface area contributed by atoms with E-state index in [0.717, 1.165) is 0 Å². The first kappa shape index (κ1) is 16.4. The Labute approximate surface area is 139 Å². The molecule has 0 spiro atoms. The van der Waals surface area contributed by atoms with Gasteiger partial charge in [0.15, 0.2) is 0 Å². The molecular weight excluding hydrogens is 313 g/mol. The van der Waals surface area contributed by atoms with Crippen molar-refractivity contribution in [3.05, 3.63) is 47.5 Å². The number of aryl methyl sites for hydroxylation is 1. The molecule has 1 amide bonds. The number of ether oxygens (including phenoxy) is 1. The van der Waals surface area contributed by atoms with E-state index in [9.17, 15) is 14.3 Å². The molecule has 1 aromatic heterocycles. The molecule has 2 N–H and O–H groups in total. The van der Waals surface area contributed by atoms with E-state index in [-0.39, 0.29) is 24.9 Å². The lowest BCUT2D eigenvalue weighted by Crippen LogP contribution is -2.43. The van der Waals surface area contributed by atoms with Gasteiger partial charge in [-0.1, -0.05) is 0 Å². The van der Waals surface area contributed by atoms with Crippen LogP contribution in [0.5, 0.6) is 5.75 Å². The summed E-state index contributed by atoms with van der Waals surface area (Å²) in [6.45, 7) is 1.91. The first-order chi connectivity index (χ1) is 11.3. The summed E-state index contributed by atoms with van der Waals surface area (Å²) in [5.74, 6) is -0.376. The fourth-order valence-electron chi connectivity index (χ4n) is 2.74. The maximum Gasteiger partial charge on any atom is 0.227 e. The molecule has 128 valence electrons. The number of fused-ring (bicyclic) bond motifs is 1.